The first-order valence-corrected chi connectivity index (χ1v) is 14.3. The lowest BCUT2D eigenvalue weighted by Crippen LogP contribution is -2.03. The maximum absolute atomic E-state index is 5.95. The zero-order chi connectivity index (χ0) is 28.3. The molecule has 43 heavy (non-hydrogen) atoms. The molecule has 0 fully saturated rings. The van der Waals surface area contributed by atoms with Crippen LogP contribution in [0.3, 0.4) is 0 Å². The number of benzene rings is 5. The summed E-state index contributed by atoms with van der Waals surface area (Å²) in [4.78, 5) is 10.3. The normalized spacial score (nSPS) is 11.7. The van der Waals surface area contributed by atoms with Gasteiger partial charge in [0.15, 0.2) is 5.58 Å². The van der Waals surface area contributed by atoms with E-state index in [0.29, 0.717) is 11.5 Å². The van der Waals surface area contributed by atoms with Crippen molar-refractivity contribution in [1.29, 1.82) is 0 Å². The molecule has 4 aromatic heterocycles. The van der Waals surface area contributed by atoms with Gasteiger partial charge in [-0.2, -0.15) is 0 Å². The Labute approximate surface area is 246 Å². The van der Waals surface area contributed by atoms with Crippen molar-refractivity contribution in [3.8, 4) is 34.0 Å². The topological polar surface area (TPSA) is 48.8 Å². The highest BCUT2D eigenvalue weighted by molar-refractivity contribution is 6.18. The monoisotopic (exact) mass is 552 g/mol. The van der Waals surface area contributed by atoms with Gasteiger partial charge in [-0.3, -0.25) is 4.57 Å². The minimum atomic E-state index is 0.613. The van der Waals surface area contributed by atoms with Crippen LogP contribution in [0.2, 0.25) is 0 Å². The fourth-order valence-electron chi connectivity index (χ4n) is 6.30. The predicted molar refractivity (Wildman–Crippen MR) is 174 cm³/mol. The molecule has 0 radical (unpaired) electrons. The highest BCUT2D eigenvalue weighted by atomic mass is 16.3. The Morgan fingerprint density at radius 2 is 1.23 bits per heavy atom. The summed E-state index contributed by atoms with van der Waals surface area (Å²) in [5, 5.41) is 3.47. The van der Waals surface area contributed by atoms with Crippen LogP contribution in [0, 0.1) is 0 Å². The summed E-state index contributed by atoms with van der Waals surface area (Å²) in [6, 6.07) is 46.3. The third kappa shape index (κ3) is 3.65. The SMILES string of the molecule is c1ccc(-c2ccc(-c3nc(-n4c5ccccc5c5ccc6c(ccn6-c6ccccc6)c54)nc4ccoc34)cc2)cc1. The fourth-order valence-corrected chi connectivity index (χ4v) is 6.30. The quantitative estimate of drug-likeness (QED) is 0.218. The van der Waals surface area contributed by atoms with Crippen molar-refractivity contribution in [3.05, 3.63) is 146 Å². The zero-order valence-electron chi connectivity index (χ0n) is 23.1. The van der Waals surface area contributed by atoms with Crippen molar-refractivity contribution in [2.75, 3.05) is 0 Å². The first-order valence-electron chi connectivity index (χ1n) is 14.3. The highest BCUT2D eigenvalue weighted by Crippen LogP contribution is 2.38. The molecule has 0 bridgehead atoms. The van der Waals surface area contributed by atoms with Crippen molar-refractivity contribution >= 4 is 43.8 Å². The fraction of sp³-hybridized carbons (Fsp3) is 0. The van der Waals surface area contributed by atoms with Crippen molar-refractivity contribution in [2.45, 2.75) is 0 Å². The second-order valence-electron chi connectivity index (χ2n) is 10.7. The summed E-state index contributed by atoms with van der Waals surface area (Å²) in [5.74, 6) is 0.613. The van der Waals surface area contributed by atoms with E-state index >= 15 is 0 Å². The Morgan fingerprint density at radius 1 is 0.512 bits per heavy atom. The van der Waals surface area contributed by atoms with Gasteiger partial charge in [0.2, 0.25) is 5.95 Å². The average Bonchev–Trinajstić information content (AvgIpc) is 3.81. The van der Waals surface area contributed by atoms with Gasteiger partial charge in [-0.05, 0) is 41.5 Å². The summed E-state index contributed by atoms with van der Waals surface area (Å²) in [5.41, 5.74) is 9.92. The van der Waals surface area contributed by atoms with Crippen molar-refractivity contribution in [2.24, 2.45) is 0 Å². The largest absolute Gasteiger partial charge is 0.460 e. The number of rotatable bonds is 4. The first kappa shape index (κ1) is 23.7. The van der Waals surface area contributed by atoms with Gasteiger partial charge in [0.05, 0.1) is 22.8 Å². The van der Waals surface area contributed by atoms with Crippen LogP contribution in [-0.2, 0) is 0 Å². The Kier molecular flexibility index (Phi) is 5.13. The van der Waals surface area contributed by atoms with Crippen LogP contribution in [0.4, 0.5) is 0 Å². The Morgan fingerprint density at radius 3 is 2.07 bits per heavy atom. The molecule has 0 saturated heterocycles. The van der Waals surface area contributed by atoms with Gasteiger partial charge < -0.3 is 8.98 Å². The molecule has 202 valence electrons. The molecule has 9 rings (SSSR count). The Bertz CT molecular complexity index is 2430. The molecule has 0 unspecified atom stereocenters. The highest BCUT2D eigenvalue weighted by Gasteiger charge is 2.21. The van der Waals surface area contributed by atoms with Crippen LogP contribution in [0.25, 0.3) is 77.8 Å². The van der Waals surface area contributed by atoms with Crippen LogP contribution < -0.4 is 0 Å². The maximum atomic E-state index is 5.95. The lowest BCUT2D eigenvalue weighted by Gasteiger charge is -2.11. The van der Waals surface area contributed by atoms with Crippen LogP contribution in [-0.4, -0.2) is 19.1 Å². The van der Waals surface area contributed by atoms with Gasteiger partial charge >= 0.3 is 0 Å². The summed E-state index contributed by atoms with van der Waals surface area (Å²) in [6.07, 6.45) is 3.83. The van der Waals surface area contributed by atoms with E-state index in [-0.39, 0.29) is 0 Å². The number of hydrogen-bond acceptors (Lipinski definition) is 3. The van der Waals surface area contributed by atoms with Gasteiger partial charge in [0.25, 0.3) is 0 Å². The molecule has 5 nitrogen and oxygen atoms in total. The van der Waals surface area contributed by atoms with Gasteiger partial charge in [-0.15, -0.1) is 0 Å². The van der Waals surface area contributed by atoms with Crippen molar-refractivity contribution < 1.29 is 4.42 Å². The molecule has 0 spiro atoms. The van der Waals surface area contributed by atoms with Crippen LogP contribution >= 0.6 is 0 Å². The molecular weight excluding hydrogens is 528 g/mol. The molecule has 5 aromatic carbocycles. The minimum absolute atomic E-state index is 0.613. The van der Waals surface area contributed by atoms with E-state index < -0.39 is 0 Å². The van der Waals surface area contributed by atoms with E-state index in [1.807, 2.05) is 18.2 Å². The smallest absolute Gasteiger partial charge is 0.236 e. The number of aromatic nitrogens is 4. The standard InChI is InChI=1S/C38H24N4O/c1-3-9-25(10-4-1)26-15-17-27(18-16-26)35-37-32(22-24-43-37)39-38(40-35)42-34-14-8-7-13-29(34)30-19-20-33-31(36(30)42)21-23-41(33)28-11-5-2-6-12-28/h1-24H. The third-order valence-corrected chi connectivity index (χ3v) is 8.29. The lowest BCUT2D eigenvalue weighted by molar-refractivity contribution is 0.614. The molecule has 0 N–H and O–H groups in total. The van der Waals surface area contributed by atoms with Crippen molar-refractivity contribution in [1.82, 2.24) is 19.1 Å². The van der Waals surface area contributed by atoms with Crippen molar-refractivity contribution in [3.63, 3.8) is 0 Å². The van der Waals surface area contributed by atoms with Crippen LogP contribution in [0.1, 0.15) is 0 Å². The number of hydrogen-bond donors (Lipinski definition) is 0. The maximum Gasteiger partial charge on any atom is 0.236 e. The first-order chi connectivity index (χ1) is 21.3. The minimum Gasteiger partial charge on any atom is -0.460 e. The molecular formula is C38H24N4O. The van der Waals surface area contributed by atoms with Gasteiger partial charge in [-0.25, -0.2) is 9.97 Å². The third-order valence-electron chi connectivity index (χ3n) is 8.29. The van der Waals surface area contributed by atoms with Crippen LogP contribution in [0.15, 0.2) is 150 Å². The van der Waals surface area contributed by atoms with E-state index in [2.05, 4.69) is 131 Å². The second-order valence-corrected chi connectivity index (χ2v) is 10.7. The number of fused-ring (bicyclic) bond motifs is 6. The van der Waals surface area contributed by atoms with E-state index in [9.17, 15) is 0 Å². The van der Waals surface area contributed by atoms with E-state index in [1.54, 1.807) is 6.26 Å². The second kappa shape index (κ2) is 9.29. The lowest BCUT2D eigenvalue weighted by atomic mass is 10.0. The number of para-hydroxylation sites is 2. The summed E-state index contributed by atoms with van der Waals surface area (Å²) in [6.45, 7) is 0. The van der Waals surface area contributed by atoms with E-state index in [1.165, 1.54) is 10.9 Å². The van der Waals surface area contributed by atoms with E-state index in [0.717, 1.165) is 55.3 Å². The zero-order valence-corrected chi connectivity index (χ0v) is 23.1. The number of nitrogens with zero attached hydrogens (tertiary/aromatic N) is 4. The molecule has 0 amide bonds. The van der Waals surface area contributed by atoms with Gasteiger partial charge in [0, 0.05) is 39.7 Å². The molecule has 0 aliphatic carbocycles. The molecule has 0 atom stereocenters. The molecule has 5 heteroatoms. The molecule has 4 heterocycles. The molecule has 0 saturated carbocycles. The Balaban J connectivity index is 1.30. The van der Waals surface area contributed by atoms with Crippen LogP contribution in [0.5, 0.6) is 0 Å². The van der Waals surface area contributed by atoms with Gasteiger partial charge in [-0.1, -0.05) is 97.1 Å². The summed E-state index contributed by atoms with van der Waals surface area (Å²) in [7, 11) is 0. The summed E-state index contributed by atoms with van der Waals surface area (Å²) >= 11 is 0. The van der Waals surface area contributed by atoms with Gasteiger partial charge in [0.1, 0.15) is 11.2 Å². The summed E-state index contributed by atoms with van der Waals surface area (Å²) < 4.78 is 10.4. The molecule has 0 aliphatic heterocycles. The molecule has 0 aliphatic rings. The predicted octanol–water partition coefficient (Wildman–Crippen LogP) is 9.60. The Hall–Kier alpha value is -5.94. The number of furan rings is 1. The molecule has 9 aromatic rings. The average molecular weight is 553 g/mol. The van der Waals surface area contributed by atoms with E-state index in [4.69, 9.17) is 14.4 Å².